The molecule has 24 heavy (non-hydrogen) atoms. The van der Waals surface area contributed by atoms with Crippen LogP contribution >= 0.6 is 35.0 Å². The Labute approximate surface area is 156 Å². The quantitative estimate of drug-likeness (QED) is 0.652. The zero-order valence-corrected chi connectivity index (χ0v) is 15.6. The van der Waals surface area contributed by atoms with E-state index >= 15 is 0 Å². The van der Waals surface area contributed by atoms with Gasteiger partial charge in [-0.1, -0.05) is 47.5 Å². The van der Waals surface area contributed by atoms with Crippen molar-refractivity contribution in [2.45, 2.75) is 13.0 Å². The van der Waals surface area contributed by atoms with Crippen LogP contribution in [0.15, 0.2) is 48.5 Å². The molecule has 0 aliphatic rings. The second-order valence-corrected chi connectivity index (χ2v) is 7.10. The lowest BCUT2D eigenvalue weighted by Crippen LogP contribution is -2.28. The number of amides is 1. The minimum atomic E-state index is -0.117. The number of thioether (sulfide) groups is 1. The molecule has 0 saturated carbocycles. The lowest BCUT2D eigenvalue weighted by molar-refractivity contribution is -0.119. The van der Waals surface area contributed by atoms with Gasteiger partial charge in [0.1, 0.15) is 5.75 Å². The second-order valence-electron chi connectivity index (χ2n) is 5.18. The van der Waals surface area contributed by atoms with Crippen LogP contribution in [0.2, 0.25) is 10.0 Å². The summed E-state index contributed by atoms with van der Waals surface area (Å²) in [5, 5.41) is 3.95. The van der Waals surface area contributed by atoms with Crippen LogP contribution in [-0.2, 0) is 4.79 Å². The predicted molar refractivity (Wildman–Crippen MR) is 102 cm³/mol. The molecule has 1 N–H and O–H groups in total. The third kappa shape index (κ3) is 6.27. The predicted octanol–water partition coefficient (Wildman–Crippen LogP) is 4.98. The molecular weight excluding hydrogens is 365 g/mol. The summed E-state index contributed by atoms with van der Waals surface area (Å²) >= 11 is 13.4. The van der Waals surface area contributed by atoms with Gasteiger partial charge in [-0.2, -0.15) is 0 Å². The molecule has 0 aliphatic heterocycles. The Morgan fingerprint density at radius 3 is 2.62 bits per heavy atom. The molecule has 2 rings (SSSR count). The summed E-state index contributed by atoms with van der Waals surface area (Å²) in [6, 6.07) is 14.9. The number of halogens is 2. The van der Waals surface area contributed by atoms with Crippen molar-refractivity contribution in [1.29, 1.82) is 0 Å². The van der Waals surface area contributed by atoms with Crippen LogP contribution in [-0.4, -0.2) is 24.0 Å². The number of benzene rings is 2. The van der Waals surface area contributed by atoms with Crippen LogP contribution < -0.4 is 10.1 Å². The molecule has 2 aromatic rings. The Morgan fingerprint density at radius 1 is 1.17 bits per heavy atom. The summed E-state index contributed by atoms with van der Waals surface area (Å²) in [5.41, 5.74) is 0.926. The first-order valence-corrected chi connectivity index (χ1v) is 9.47. The lowest BCUT2D eigenvalue weighted by atomic mass is 10.1. The van der Waals surface area contributed by atoms with Gasteiger partial charge in [0.15, 0.2) is 0 Å². The van der Waals surface area contributed by atoms with E-state index in [1.54, 1.807) is 12.1 Å². The Balaban J connectivity index is 1.66. The molecular formula is C18H19Cl2NO2S. The SMILES string of the molecule is CC(NC(=O)CSCCOc1ccccc1)c1ccc(Cl)c(Cl)c1. The van der Waals surface area contributed by atoms with Gasteiger partial charge in [0.2, 0.25) is 5.91 Å². The van der Waals surface area contributed by atoms with Crippen molar-refractivity contribution >= 4 is 40.9 Å². The van der Waals surface area contributed by atoms with Crippen molar-refractivity contribution in [1.82, 2.24) is 5.32 Å². The number of carbonyl (C=O) groups excluding carboxylic acids is 1. The van der Waals surface area contributed by atoms with Gasteiger partial charge in [-0.3, -0.25) is 4.79 Å². The van der Waals surface area contributed by atoms with Crippen LogP contribution in [0.4, 0.5) is 0 Å². The molecule has 0 spiro atoms. The first-order valence-electron chi connectivity index (χ1n) is 7.56. The minimum Gasteiger partial charge on any atom is -0.493 e. The summed E-state index contributed by atoms with van der Waals surface area (Å²) in [5.74, 6) is 1.97. The molecule has 3 nitrogen and oxygen atoms in total. The minimum absolute atomic E-state index is 0.0155. The number of rotatable bonds is 8. The highest BCUT2D eigenvalue weighted by Crippen LogP contribution is 2.25. The highest BCUT2D eigenvalue weighted by molar-refractivity contribution is 7.99. The monoisotopic (exact) mass is 383 g/mol. The van der Waals surface area contributed by atoms with E-state index < -0.39 is 0 Å². The fourth-order valence-corrected chi connectivity index (χ4v) is 2.97. The Hall–Kier alpha value is -1.36. The van der Waals surface area contributed by atoms with E-state index in [9.17, 15) is 4.79 Å². The molecule has 0 bridgehead atoms. The van der Waals surface area contributed by atoms with Crippen molar-refractivity contribution < 1.29 is 9.53 Å². The number of hydrogen-bond acceptors (Lipinski definition) is 3. The molecule has 0 fully saturated rings. The fraction of sp³-hybridized carbons (Fsp3) is 0.278. The summed E-state index contributed by atoms with van der Waals surface area (Å²) in [6.45, 7) is 2.49. The smallest absolute Gasteiger partial charge is 0.230 e. The molecule has 1 atom stereocenters. The molecule has 0 heterocycles. The Kier molecular flexibility index (Phi) is 7.76. The molecule has 128 valence electrons. The zero-order chi connectivity index (χ0) is 17.4. The van der Waals surface area contributed by atoms with Gasteiger partial charge in [-0.15, -0.1) is 11.8 Å². The molecule has 1 amide bonds. The first-order chi connectivity index (χ1) is 11.6. The average molecular weight is 384 g/mol. The van der Waals surface area contributed by atoms with Gasteiger partial charge < -0.3 is 10.1 Å². The van der Waals surface area contributed by atoms with Crippen molar-refractivity contribution in [2.24, 2.45) is 0 Å². The largest absolute Gasteiger partial charge is 0.493 e. The maximum absolute atomic E-state index is 12.0. The van der Waals surface area contributed by atoms with E-state index in [0.717, 1.165) is 17.1 Å². The van der Waals surface area contributed by atoms with E-state index in [4.69, 9.17) is 27.9 Å². The van der Waals surface area contributed by atoms with Gasteiger partial charge in [0.25, 0.3) is 0 Å². The highest BCUT2D eigenvalue weighted by Gasteiger charge is 2.11. The second kappa shape index (κ2) is 9.82. The van der Waals surface area contributed by atoms with Crippen molar-refractivity contribution in [3.63, 3.8) is 0 Å². The van der Waals surface area contributed by atoms with E-state index in [2.05, 4.69) is 5.32 Å². The van der Waals surface area contributed by atoms with Crippen molar-refractivity contribution in [2.75, 3.05) is 18.1 Å². The Bertz CT molecular complexity index is 667. The third-order valence-corrected chi connectivity index (χ3v) is 4.95. The van der Waals surface area contributed by atoms with Crippen molar-refractivity contribution in [3.05, 3.63) is 64.1 Å². The summed E-state index contributed by atoms with van der Waals surface area (Å²) in [7, 11) is 0. The van der Waals surface area contributed by atoms with E-state index in [1.165, 1.54) is 11.8 Å². The van der Waals surface area contributed by atoms with Crippen molar-refractivity contribution in [3.8, 4) is 5.75 Å². The van der Waals surface area contributed by atoms with Gasteiger partial charge >= 0.3 is 0 Å². The Morgan fingerprint density at radius 2 is 1.92 bits per heavy atom. The molecule has 0 aromatic heterocycles. The van der Waals surface area contributed by atoms with Gasteiger partial charge in [0, 0.05) is 5.75 Å². The van der Waals surface area contributed by atoms with E-state index in [-0.39, 0.29) is 11.9 Å². The zero-order valence-electron chi connectivity index (χ0n) is 13.3. The first kappa shape index (κ1) is 19.0. The van der Waals surface area contributed by atoms with Crippen LogP contribution in [0.5, 0.6) is 5.75 Å². The maximum atomic E-state index is 12.0. The summed E-state index contributed by atoms with van der Waals surface area (Å²) in [4.78, 5) is 12.0. The lowest BCUT2D eigenvalue weighted by Gasteiger charge is -2.15. The third-order valence-electron chi connectivity index (χ3n) is 3.29. The van der Waals surface area contributed by atoms with Gasteiger partial charge in [-0.05, 0) is 36.8 Å². The normalized spacial score (nSPS) is 11.8. The van der Waals surface area contributed by atoms with Crippen LogP contribution in [0.1, 0.15) is 18.5 Å². The van der Waals surface area contributed by atoms with Crippen LogP contribution in [0, 0.1) is 0 Å². The summed E-state index contributed by atoms with van der Waals surface area (Å²) in [6.07, 6.45) is 0. The molecule has 0 aliphatic carbocycles. The molecule has 0 radical (unpaired) electrons. The van der Waals surface area contributed by atoms with Crippen LogP contribution in [0.25, 0.3) is 0 Å². The fourth-order valence-electron chi connectivity index (χ4n) is 2.05. The average Bonchev–Trinajstić information content (AvgIpc) is 2.58. The molecule has 2 aromatic carbocycles. The molecule has 6 heteroatoms. The standard InChI is InChI=1S/C18H19Cl2NO2S/c1-13(14-7-8-16(19)17(20)11-14)21-18(22)12-24-10-9-23-15-5-3-2-4-6-15/h2-8,11,13H,9-10,12H2,1H3,(H,21,22). The van der Waals surface area contributed by atoms with E-state index in [0.29, 0.717) is 22.4 Å². The van der Waals surface area contributed by atoms with Gasteiger partial charge in [0.05, 0.1) is 28.4 Å². The van der Waals surface area contributed by atoms with Gasteiger partial charge in [-0.25, -0.2) is 0 Å². The number of para-hydroxylation sites is 1. The highest BCUT2D eigenvalue weighted by atomic mass is 35.5. The topological polar surface area (TPSA) is 38.3 Å². The molecule has 0 saturated heterocycles. The maximum Gasteiger partial charge on any atom is 0.230 e. The van der Waals surface area contributed by atoms with E-state index in [1.807, 2.05) is 43.3 Å². The van der Waals surface area contributed by atoms with Crippen LogP contribution in [0.3, 0.4) is 0 Å². The number of hydrogen-bond donors (Lipinski definition) is 1. The summed E-state index contributed by atoms with van der Waals surface area (Å²) < 4.78 is 5.58. The number of nitrogens with one attached hydrogen (secondary N) is 1. The molecule has 1 unspecified atom stereocenters. The number of carbonyl (C=O) groups is 1. The number of ether oxygens (including phenoxy) is 1.